The molecule has 4 N–H and O–H groups in total. The van der Waals surface area contributed by atoms with E-state index in [-0.39, 0.29) is 5.91 Å². The SMILES string of the molecule is CNCCN(C)c1nc(NC2CNC2)cc(C(=O)NCCCN2CCc3ccccc3C2)n1. The lowest BCUT2D eigenvalue weighted by Crippen LogP contribution is -2.51. The standard InChI is InChI=1S/C24H36N8O/c1-25-10-13-31(2)24-29-21(14-22(30-24)28-20-15-26-16-20)23(33)27-9-5-11-32-12-8-18-6-3-4-7-19(18)17-32/h3-4,6-7,14,20,25-26H,5,8-13,15-17H2,1-2H3,(H,27,33)(H,28,29,30). The summed E-state index contributed by atoms with van der Waals surface area (Å²) in [6, 6.07) is 10.8. The highest BCUT2D eigenvalue weighted by atomic mass is 16.1. The van der Waals surface area contributed by atoms with Crippen molar-refractivity contribution in [3.8, 4) is 0 Å². The second-order valence-electron chi connectivity index (χ2n) is 8.87. The molecule has 0 bridgehead atoms. The average molecular weight is 453 g/mol. The molecule has 1 aromatic carbocycles. The molecular formula is C24H36N8O. The van der Waals surface area contributed by atoms with Gasteiger partial charge in [-0.15, -0.1) is 0 Å². The smallest absolute Gasteiger partial charge is 0.270 e. The van der Waals surface area contributed by atoms with Gasteiger partial charge in [0.2, 0.25) is 5.95 Å². The van der Waals surface area contributed by atoms with Gasteiger partial charge in [-0.3, -0.25) is 9.69 Å². The van der Waals surface area contributed by atoms with Crippen molar-refractivity contribution in [2.24, 2.45) is 0 Å². The van der Waals surface area contributed by atoms with Crippen LogP contribution in [-0.4, -0.2) is 86.7 Å². The quantitative estimate of drug-likeness (QED) is 0.370. The molecule has 3 heterocycles. The van der Waals surface area contributed by atoms with E-state index in [0.717, 1.165) is 58.7 Å². The zero-order valence-electron chi connectivity index (χ0n) is 19.7. The molecule has 1 fully saturated rings. The van der Waals surface area contributed by atoms with Crippen LogP contribution in [0.15, 0.2) is 30.3 Å². The van der Waals surface area contributed by atoms with E-state index in [0.29, 0.717) is 30.0 Å². The number of fused-ring (bicyclic) bond motifs is 1. The zero-order valence-corrected chi connectivity index (χ0v) is 19.7. The Morgan fingerprint density at radius 1 is 1.21 bits per heavy atom. The molecular weight excluding hydrogens is 416 g/mol. The first-order valence-electron chi connectivity index (χ1n) is 11.9. The molecule has 1 saturated heterocycles. The van der Waals surface area contributed by atoms with Crippen LogP contribution >= 0.6 is 0 Å². The Bertz CT molecular complexity index is 932. The zero-order chi connectivity index (χ0) is 23.0. The minimum Gasteiger partial charge on any atom is -0.365 e. The summed E-state index contributed by atoms with van der Waals surface area (Å²) in [5.74, 6) is 1.10. The Balaban J connectivity index is 1.31. The van der Waals surface area contributed by atoms with Crippen molar-refractivity contribution in [3.05, 3.63) is 47.2 Å². The summed E-state index contributed by atoms with van der Waals surface area (Å²) in [7, 11) is 3.86. The van der Waals surface area contributed by atoms with E-state index >= 15 is 0 Å². The van der Waals surface area contributed by atoms with Gasteiger partial charge in [-0.25, -0.2) is 4.98 Å². The van der Waals surface area contributed by atoms with Crippen LogP contribution in [0.25, 0.3) is 0 Å². The number of hydrogen-bond donors (Lipinski definition) is 4. The van der Waals surface area contributed by atoms with Crippen LogP contribution in [-0.2, 0) is 13.0 Å². The molecule has 2 aliphatic rings. The van der Waals surface area contributed by atoms with Gasteiger partial charge in [0.25, 0.3) is 5.91 Å². The number of carbonyl (C=O) groups is 1. The minimum atomic E-state index is -0.153. The number of benzene rings is 1. The summed E-state index contributed by atoms with van der Waals surface area (Å²) in [5, 5.41) is 12.8. The van der Waals surface area contributed by atoms with Crippen LogP contribution in [0, 0.1) is 0 Å². The Labute approximate surface area is 196 Å². The molecule has 0 radical (unpaired) electrons. The normalized spacial score (nSPS) is 16.1. The van der Waals surface area contributed by atoms with Gasteiger partial charge in [-0.05, 0) is 31.0 Å². The fourth-order valence-electron chi connectivity index (χ4n) is 4.12. The molecule has 2 aliphatic heterocycles. The van der Waals surface area contributed by atoms with E-state index in [9.17, 15) is 4.79 Å². The summed E-state index contributed by atoms with van der Waals surface area (Å²) in [6.07, 6.45) is 2.01. The summed E-state index contributed by atoms with van der Waals surface area (Å²) in [4.78, 5) is 26.5. The lowest BCUT2D eigenvalue weighted by molar-refractivity contribution is 0.0946. The van der Waals surface area contributed by atoms with E-state index in [1.807, 2.05) is 19.0 Å². The van der Waals surface area contributed by atoms with Gasteiger partial charge in [-0.1, -0.05) is 24.3 Å². The highest BCUT2D eigenvalue weighted by Gasteiger charge is 2.20. The third kappa shape index (κ3) is 6.40. The van der Waals surface area contributed by atoms with Crippen molar-refractivity contribution in [1.29, 1.82) is 0 Å². The fourth-order valence-corrected chi connectivity index (χ4v) is 4.12. The van der Waals surface area contributed by atoms with Crippen LogP contribution in [0.4, 0.5) is 11.8 Å². The van der Waals surface area contributed by atoms with E-state index in [1.54, 1.807) is 6.07 Å². The van der Waals surface area contributed by atoms with E-state index in [2.05, 4.69) is 60.4 Å². The van der Waals surface area contributed by atoms with Gasteiger partial charge < -0.3 is 26.2 Å². The maximum Gasteiger partial charge on any atom is 0.270 e. The van der Waals surface area contributed by atoms with Gasteiger partial charge in [0, 0.05) is 65.5 Å². The molecule has 0 aliphatic carbocycles. The van der Waals surface area contributed by atoms with Gasteiger partial charge >= 0.3 is 0 Å². The Morgan fingerprint density at radius 3 is 2.79 bits per heavy atom. The Kier molecular flexibility index (Phi) is 8.09. The second kappa shape index (κ2) is 11.4. The Morgan fingerprint density at radius 2 is 2.03 bits per heavy atom. The summed E-state index contributed by atoms with van der Waals surface area (Å²) in [6.45, 7) is 7.03. The summed E-state index contributed by atoms with van der Waals surface area (Å²) < 4.78 is 0. The van der Waals surface area contributed by atoms with Crippen LogP contribution < -0.4 is 26.2 Å². The predicted molar refractivity (Wildman–Crippen MR) is 132 cm³/mol. The third-order valence-corrected chi connectivity index (χ3v) is 6.27. The lowest BCUT2D eigenvalue weighted by atomic mass is 10.00. The number of aromatic nitrogens is 2. The summed E-state index contributed by atoms with van der Waals surface area (Å²) in [5.41, 5.74) is 3.28. The number of carbonyl (C=O) groups excluding carboxylic acids is 1. The molecule has 4 rings (SSSR count). The van der Waals surface area contributed by atoms with Crippen molar-refractivity contribution in [3.63, 3.8) is 0 Å². The molecule has 9 heteroatoms. The molecule has 1 amide bonds. The summed E-state index contributed by atoms with van der Waals surface area (Å²) >= 11 is 0. The fraction of sp³-hybridized carbons (Fsp3) is 0.542. The highest BCUT2D eigenvalue weighted by Crippen LogP contribution is 2.18. The third-order valence-electron chi connectivity index (χ3n) is 6.27. The molecule has 33 heavy (non-hydrogen) atoms. The number of rotatable bonds is 11. The lowest BCUT2D eigenvalue weighted by Gasteiger charge is -2.29. The van der Waals surface area contributed by atoms with Crippen LogP contribution in [0.3, 0.4) is 0 Å². The minimum absolute atomic E-state index is 0.153. The van der Waals surface area contributed by atoms with Gasteiger partial charge in [0.05, 0.1) is 6.04 Å². The Hall–Kier alpha value is -2.75. The highest BCUT2D eigenvalue weighted by molar-refractivity contribution is 5.93. The first-order chi connectivity index (χ1) is 16.1. The van der Waals surface area contributed by atoms with Gasteiger partial charge in [0.1, 0.15) is 11.5 Å². The molecule has 0 spiro atoms. The maximum absolute atomic E-state index is 12.9. The number of nitrogens with one attached hydrogen (secondary N) is 4. The first-order valence-corrected chi connectivity index (χ1v) is 11.9. The number of amides is 1. The molecule has 0 atom stereocenters. The number of likely N-dealkylation sites (N-methyl/N-ethyl adjacent to an activating group) is 2. The molecule has 9 nitrogen and oxygen atoms in total. The molecule has 2 aromatic rings. The van der Waals surface area contributed by atoms with Crippen LogP contribution in [0.1, 0.15) is 28.0 Å². The van der Waals surface area contributed by atoms with Crippen LogP contribution in [0.2, 0.25) is 0 Å². The number of nitrogens with zero attached hydrogens (tertiary/aromatic N) is 4. The molecule has 0 saturated carbocycles. The van der Waals surface area contributed by atoms with E-state index < -0.39 is 0 Å². The van der Waals surface area contributed by atoms with Crippen molar-refractivity contribution in [1.82, 2.24) is 30.8 Å². The topological polar surface area (TPSA) is 97.4 Å². The molecule has 178 valence electrons. The number of anilines is 2. The second-order valence-corrected chi connectivity index (χ2v) is 8.87. The van der Waals surface area contributed by atoms with Crippen molar-refractivity contribution >= 4 is 17.7 Å². The largest absolute Gasteiger partial charge is 0.365 e. The molecule has 0 unspecified atom stereocenters. The van der Waals surface area contributed by atoms with Gasteiger partial charge in [0.15, 0.2) is 0 Å². The van der Waals surface area contributed by atoms with Crippen molar-refractivity contribution in [2.45, 2.75) is 25.4 Å². The van der Waals surface area contributed by atoms with E-state index in [4.69, 9.17) is 0 Å². The van der Waals surface area contributed by atoms with Crippen LogP contribution in [0.5, 0.6) is 0 Å². The van der Waals surface area contributed by atoms with Gasteiger partial charge in [-0.2, -0.15) is 4.98 Å². The average Bonchev–Trinajstić information content (AvgIpc) is 2.82. The van der Waals surface area contributed by atoms with Crippen molar-refractivity contribution in [2.75, 3.05) is 70.1 Å². The predicted octanol–water partition coefficient (Wildman–Crippen LogP) is 0.694. The first kappa shape index (κ1) is 23.4. The van der Waals surface area contributed by atoms with E-state index in [1.165, 1.54) is 11.1 Å². The van der Waals surface area contributed by atoms with Crippen molar-refractivity contribution < 1.29 is 4.79 Å². The molecule has 1 aromatic heterocycles. The maximum atomic E-state index is 12.9. The monoisotopic (exact) mass is 452 g/mol. The number of hydrogen-bond acceptors (Lipinski definition) is 8.